The van der Waals surface area contributed by atoms with Gasteiger partial charge in [-0.1, -0.05) is 24.1 Å². The zero-order valence-electron chi connectivity index (χ0n) is 16.7. The second-order valence-corrected chi connectivity index (χ2v) is 12.0. The Labute approximate surface area is 185 Å². The molecule has 0 spiro atoms. The largest absolute Gasteiger partial charge is 0.269 e. The van der Waals surface area contributed by atoms with Crippen LogP contribution in [-0.4, -0.2) is 43.2 Å². The lowest BCUT2D eigenvalue weighted by atomic mass is 10.2. The lowest BCUT2D eigenvalue weighted by molar-refractivity contribution is 0.345. The third kappa shape index (κ3) is 3.49. The summed E-state index contributed by atoms with van der Waals surface area (Å²) in [5.41, 5.74) is 1.78. The van der Waals surface area contributed by atoms with E-state index in [0.717, 1.165) is 28.8 Å². The number of hydrogen-bond donors (Lipinski definition) is 0. The molecule has 3 aromatic rings. The summed E-state index contributed by atoms with van der Waals surface area (Å²) in [6, 6.07) is 7.80. The van der Waals surface area contributed by atoms with Crippen molar-refractivity contribution in [3.05, 3.63) is 52.3 Å². The number of halogens is 1. The molecule has 30 heavy (non-hydrogen) atoms. The fraction of sp³-hybridized carbons (Fsp3) is 0.350. The van der Waals surface area contributed by atoms with E-state index in [1.165, 1.54) is 28.7 Å². The van der Waals surface area contributed by atoms with Crippen LogP contribution in [-0.2, 0) is 20.0 Å². The Morgan fingerprint density at radius 2 is 1.57 bits per heavy atom. The maximum atomic E-state index is 13.6. The number of aromatic nitrogens is 2. The molecule has 0 unspecified atom stereocenters. The number of pyridine rings is 1. The molecule has 0 saturated carbocycles. The monoisotopic (exact) mass is 511 g/mol. The molecule has 1 fully saturated rings. The summed E-state index contributed by atoms with van der Waals surface area (Å²) >= 11 is 3.44. The molecule has 4 rings (SSSR count). The number of aryl methyl sites for hydroxylation is 2. The molecule has 1 aliphatic rings. The van der Waals surface area contributed by atoms with Crippen LogP contribution >= 0.6 is 15.9 Å². The van der Waals surface area contributed by atoms with Crippen molar-refractivity contribution in [3.63, 3.8) is 0 Å². The van der Waals surface area contributed by atoms with E-state index < -0.39 is 20.0 Å². The van der Waals surface area contributed by atoms with Gasteiger partial charge >= 0.3 is 0 Å². The Morgan fingerprint density at radius 3 is 2.20 bits per heavy atom. The Hall–Kier alpha value is -1.75. The van der Waals surface area contributed by atoms with Gasteiger partial charge in [0.1, 0.15) is 0 Å². The molecule has 0 aliphatic carbocycles. The lowest BCUT2D eigenvalue weighted by Gasteiger charge is -2.26. The van der Waals surface area contributed by atoms with Gasteiger partial charge in [0.05, 0.1) is 22.3 Å². The molecule has 0 amide bonds. The van der Waals surface area contributed by atoms with Crippen LogP contribution in [0.4, 0.5) is 0 Å². The summed E-state index contributed by atoms with van der Waals surface area (Å²) in [5.74, 6) is 0. The van der Waals surface area contributed by atoms with Gasteiger partial charge < -0.3 is 0 Å². The zero-order valence-corrected chi connectivity index (χ0v) is 19.9. The van der Waals surface area contributed by atoms with Gasteiger partial charge in [-0.25, -0.2) is 20.8 Å². The van der Waals surface area contributed by atoms with Crippen molar-refractivity contribution in [1.29, 1.82) is 0 Å². The molecule has 160 valence electrons. The fourth-order valence-corrected chi connectivity index (χ4v) is 7.63. The molecule has 10 heteroatoms. The van der Waals surface area contributed by atoms with E-state index in [9.17, 15) is 16.8 Å². The van der Waals surface area contributed by atoms with Crippen LogP contribution in [0.1, 0.15) is 30.5 Å². The maximum absolute atomic E-state index is 13.6. The Bertz CT molecular complexity index is 1320. The first-order valence-corrected chi connectivity index (χ1v) is 13.3. The number of rotatable bonds is 4. The molecule has 2 aromatic heterocycles. The van der Waals surface area contributed by atoms with Crippen molar-refractivity contribution in [3.8, 4) is 0 Å². The average molecular weight is 512 g/mol. The van der Waals surface area contributed by atoms with Gasteiger partial charge in [-0.05, 0) is 60.8 Å². The van der Waals surface area contributed by atoms with Gasteiger partial charge in [-0.3, -0.25) is 4.98 Å². The van der Waals surface area contributed by atoms with Gasteiger partial charge in [0, 0.05) is 22.9 Å². The third-order valence-electron chi connectivity index (χ3n) is 5.38. The summed E-state index contributed by atoms with van der Waals surface area (Å²) in [6.07, 6.45) is 3.89. The summed E-state index contributed by atoms with van der Waals surface area (Å²) in [4.78, 5) is 4.28. The number of hydrogen-bond acceptors (Lipinski definition) is 5. The van der Waals surface area contributed by atoms with E-state index in [4.69, 9.17) is 0 Å². The first-order chi connectivity index (χ1) is 14.1. The molecule has 7 nitrogen and oxygen atoms in total. The molecule has 1 saturated heterocycles. The molecular formula is C20H22BrN3O4S2. The Morgan fingerprint density at radius 1 is 0.933 bits per heavy atom. The van der Waals surface area contributed by atoms with Gasteiger partial charge in [0.25, 0.3) is 20.0 Å². The predicted molar refractivity (Wildman–Crippen MR) is 119 cm³/mol. The minimum absolute atomic E-state index is 0.0254. The van der Waals surface area contributed by atoms with Crippen molar-refractivity contribution in [1.82, 2.24) is 13.3 Å². The Balaban J connectivity index is 2.03. The summed E-state index contributed by atoms with van der Waals surface area (Å²) in [5, 5.41) is 0.238. The highest BCUT2D eigenvalue weighted by atomic mass is 79.9. The van der Waals surface area contributed by atoms with E-state index in [2.05, 4.69) is 20.9 Å². The van der Waals surface area contributed by atoms with Crippen LogP contribution in [0.3, 0.4) is 0 Å². The van der Waals surface area contributed by atoms with Gasteiger partial charge in [0.15, 0.2) is 5.03 Å². The summed E-state index contributed by atoms with van der Waals surface area (Å²) in [6.45, 7) is 4.39. The predicted octanol–water partition coefficient (Wildman–Crippen LogP) is 3.83. The van der Waals surface area contributed by atoms with Crippen LogP contribution in [0.15, 0.2) is 50.9 Å². The molecule has 3 heterocycles. The highest BCUT2D eigenvalue weighted by Crippen LogP contribution is 2.35. The molecule has 1 aromatic carbocycles. The molecular weight excluding hydrogens is 490 g/mol. The first kappa shape index (κ1) is 21.5. The number of benzene rings is 1. The molecule has 0 bridgehead atoms. The van der Waals surface area contributed by atoms with Crippen molar-refractivity contribution in [2.45, 2.75) is 43.0 Å². The molecule has 0 N–H and O–H groups in total. The maximum Gasteiger partial charge on any atom is 0.269 e. The third-order valence-corrected chi connectivity index (χ3v) is 10.1. The van der Waals surface area contributed by atoms with Crippen LogP contribution in [0.25, 0.3) is 10.9 Å². The zero-order chi connectivity index (χ0) is 21.7. The fourth-order valence-electron chi connectivity index (χ4n) is 3.67. The smallest absolute Gasteiger partial charge is 0.258 e. The number of piperidine rings is 1. The lowest BCUT2D eigenvalue weighted by Crippen LogP contribution is -2.37. The summed E-state index contributed by atoms with van der Waals surface area (Å²) < 4.78 is 57.1. The number of fused-ring (bicyclic) bond motifs is 1. The minimum atomic E-state index is -4.17. The van der Waals surface area contributed by atoms with Crippen molar-refractivity contribution in [2.75, 3.05) is 13.1 Å². The topological polar surface area (TPSA) is 89.3 Å². The quantitative estimate of drug-likeness (QED) is 0.530. The van der Waals surface area contributed by atoms with Crippen molar-refractivity contribution >= 4 is 46.9 Å². The number of sulfonamides is 1. The summed E-state index contributed by atoms with van der Waals surface area (Å²) in [7, 11) is -8.19. The normalized spacial score (nSPS) is 16.2. The minimum Gasteiger partial charge on any atom is -0.258 e. The van der Waals surface area contributed by atoms with E-state index in [1.54, 1.807) is 19.1 Å². The second-order valence-electron chi connectivity index (χ2n) is 7.49. The average Bonchev–Trinajstić information content (AvgIpc) is 3.14. The standard InChI is InChI=1S/C20H22BrN3O4S2/c1-14-6-8-16(9-7-14)29(25,26)24-18-13-22-15(2)20(21)17(18)12-19(24)30(27,28)23-10-4-3-5-11-23/h6-9,12-13H,3-5,10-11H2,1-2H3. The van der Waals surface area contributed by atoms with Crippen molar-refractivity contribution in [2.24, 2.45) is 0 Å². The highest BCUT2D eigenvalue weighted by molar-refractivity contribution is 9.10. The second kappa shape index (κ2) is 7.74. The van der Waals surface area contributed by atoms with Gasteiger partial charge in [-0.2, -0.15) is 4.31 Å². The van der Waals surface area contributed by atoms with Crippen LogP contribution in [0.5, 0.6) is 0 Å². The van der Waals surface area contributed by atoms with Gasteiger partial charge in [0.2, 0.25) is 0 Å². The number of nitrogens with zero attached hydrogens (tertiary/aromatic N) is 3. The van der Waals surface area contributed by atoms with Gasteiger partial charge in [-0.15, -0.1) is 0 Å². The first-order valence-electron chi connectivity index (χ1n) is 9.63. The van der Waals surface area contributed by atoms with Crippen LogP contribution in [0, 0.1) is 13.8 Å². The Kier molecular flexibility index (Phi) is 5.54. The van der Waals surface area contributed by atoms with Crippen LogP contribution < -0.4 is 0 Å². The molecule has 0 atom stereocenters. The van der Waals surface area contributed by atoms with E-state index in [-0.39, 0.29) is 15.4 Å². The molecule has 0 radical (unpaired) electrons. The SMILES string of the molecule is Cc1ccc(S(=O)(=O)n2c(S(=O)(=O)N3CCCCC3)cc3c(Br)c(C)ncc32)cc1. The highest BCUT2D eigenvalue weighted by Gasteiger charge is 2.35. The van der Waals surface area contributed by atoms with E-state index in [0.29, 0.717) is 28.6 Å². The molecule has 1 aliphatic heterocycles. The van der Waals surface area contributed by atoms with E-state index in [1.807, 2.05) is 6.92 Å². The van der Waals surface area contributed by atoms with Crippen LogP contribution in [0.2, 0.25) is 0 Å². The van der Waals surface area contributed by atoms with E-state index >= 15 is 0 Å². The van der Waals surface area contributed by atoms with Crippen molar-refractivity contribution < 1.29 is 16.8 Å².